The van der Waals surface area contributed by atoms with Crippen molar-refractivity contribution in [3.63, 3.8) is 0 Å². The van der Waals surface area contributed by atoms with E-state index in [1.54, 1.807) is 6.20 Å². The summed E-state index contributed by atoms with van der Waals surface area (Å²) in [6.45, 7) is 0.629. The van der Waals surface area contributed by atoms with Crippen LogP contribution in [-0.4, -0.2) is 21.8 Å². The zero-order valence-electron chi connectivity index (χ0n) is 11.0. The van der Waals surface area contributed by atoms with E-state index in [9.17, 15) is 4.79 Å². The molecule has 20 heavy (non-hydrogen) atoms. The molecule has 1 aliphatic rings. The number of pyridine rings is 1. The zero-order chi connectivity index (χ0) is 13.9. The molecule has 2 aromatic rings. The van der Waals surface area contributed by atoms with Crippen molar-refractivity contribution >= 4 is 21.8 Å². The fraction of sp³-hybridized carbons (Fsp3) is 0.250. The molecule has 1 saturated carbocycles. The Balaban J connectivity index is 1.82. The second kappa shape index (κ2) is 5.75. The summed E-state index contributed by atoms with van der Waals surface area (Å²) >= 11 is 3.42. The SMILES string of the molecule is O=C(c1cccc(Br)c1)N(Cc1cccnc1)C1CC1. The molecule has 0 atom stereocenters. The third-order valence-electron chi connectivity index (χ3n) is 3.40. The number of rotatable bonds is 4. The van der Waals surface area contributed by atoms with Gasteiger partial charge in [0.05, 0.1) is 0 Å². The number of aromatic nitrogens is 1. The maximum absolute atomic E-state index is 12.7. The van der Waals surface area contributed by atoms with Crippen LogP contribution in [-0.2, 0) is 6.54 Å². The fourth-order valence-corrected chi connectivity index (χ4v) is 2.63. The molecule has 1 fully saturated rings. The summed E-state index contributed by atoms with van der Waals surface area (Å²) in [6, 6.07) is 11.9. The summed E-state index contributed by atoms with van der Waals surface area (Å²) in [6.07, 6.45) is 5.77. The molecule has 0 unspecified atom stereocenters. The first-order chi connectivity index (χ1) is 9.74. The van der Waals surface area contributed by atoms with Crippen LogP contribution in [0.5, 0.6) is 0 Å². The van der Waals surface area contributed by atoms with Gasteiger partial charge in [-0.15, -0.1) is 0 Å². The summed E-state index contributed by atoms with van der Waals surface area (Å²) in [7, 11) is 0. The average molecular weight is 331 g/mol. The van der Waals surface area contributed by atoms with Gasteiger partial charge in [0.1, 0.15) is 0 Å². The van der Waals surface area contributed by atoms with E-state index >= 15 is 0 Å². The Labute approximate surface area is 126 Å². The molecule has 102 valence electrons. The van der Waals surface area contributed by atoms with Crippen molar-refractivity contribution in [1.29, 1.82) is 0 Å². The third-order valence-corrected chi connectivity index (χ3v) is 3.89. The topological polar surface area (TPSA) is 33.2 Å². The molecule has 0 spiro atoms. The molecule has 0 N–H and O–H groups in total. The van der Waals surface area contributed by atoms with Crippen molar-refractivity contribution in [1.82, 2.24) is 9.88 Å². The number of carbonyl (C=O) groups excluding carboxylic acids is 1. The molecule has 1 aliphatic carbocycles. The molecule has 1 aromatic carbocycles. The molecule has 0 saturated heterocycles. The Morgan fingerprint density at radius 1 is 1.30 bits per heavy atom. The van der Waals surface area contributed by atoms with E-state index in [4.69, 9.17) is 0 Å². The summed E-state index contributed by atoms with van der Waals surface area (Å²) in [5, 5.41) is 0. The molecule has 1 amide bonds. The van der Waals surface area contributed by atoms with Crippen molar-refractivity contribution in [2.75, 3.05) is 0 Å². The smallest absolute Gasteiger partial charge is 0.254 e. The Bertz CT molecular complexity index is 611. The van der Waals surface area contributed by atoms with E-state index in [1.165, 1.54) is 0 Å². The molecule has 4 heteroatoms. The molecule has 0 radical (unpaired) electrons. The van der Waals surface area contributed by atoms with Crippen LogP contribution in [0, 0.1) is 0 Å². The second-order valence-corrected chi connectivity index (χ2v) is 5.95. The number of benzene rings is 1. The zero-order valence-corrected chi connectivity index (χ0v) is 12.6. The van der Waals surface area contributed by atoms with E-state index in [1.807, 2.05) is 47.5 Å². The lowest BCUT2D eigenvalue weighted by molar-refractivity contribution is 0.0729. The van der Waals surface area contributed by atoms with Crippen LogP contribution in [0.3, 0.4) is 0 Å². The van der Waals surface area contributed by atoms with Gasteiger partial charge in [-0.25, -0.2) is 0 Å². The Kier molecular flexibility index (Phi) is 3.83. The van der Waals surface area contributed by atoms with Crippen molar-refractivity contribution < 1.29 is 4.79 Å². The fourth-order valence-electron chi connectivity index (χ4n) is 2.23. The molecular formula is C16H15BrN2O. The minimum Gasteiger partial charge on any atom is -0.331 e. The summed E-state index contributed by atoms with van der Waals surface area (Å²) < 4.78 is 0.931. The molecule has 3 nitrogen and oxygen atoms in total. The van der Waals surface area contributed by atoms with Gasteiger partial charge in [0.25, 0.3) is 5.91 Å². The van der Waals surface area contributed by atoms with Gasteiger partial charge in [0, 0.05) is 35.0 Å². The molecule has 1 aromatic heterocycles. The normalized spacial score (nSPS) is 14.1. The van der Waals surface area contributed by atoms with Crippen LogP contribution >= 0.6 is 15.9 Å². The first-order valence-electron chi connectivity index (χ1n) is 6.69. The van der Waals surface area contributed by atoms with Crippen LogP contribution in [0.25, 0.3) is 0 Å². The van der Waals surface area contributed by atoms with Gasteiger partial charge < -0.3 is 4.90 Å². The first-order valence-corrected chi connectivity index (χ1v) is 7.49. The monoisotopic (exact) mass is 330 g/mol. The highest BCUT2D eigenvalue weighted by Gasteiger charge is 2.33. The highest BCUT2D eigenvalue weighted by Crippen LogP contribution is 2.30. The van der Waals surface area contributed by atoms with Gasteiger partial charge in [-0.05, 0) is 42.7 Å². The number of halogens is 1. The quantitative estimate of drug-likeness (QED) is 0.857. The second-order valence-electron chi connectivity index (χ2n) is 5.04. The van der Waals surface area contributed by atoms with Crippen LogP contribution in [0.2, 0.25) is 0 Å². The van der Waals surface area contributed by atoms with E-state index in [-0.39, 0.29) is 5.91 Å². The van der Waals surface area contributed by atoms with Gasteiger partial charge >= 0.3 is 0 Å². The minimum atomic E-state index is 0.0950. The summed E-state index contributed by atoms with van der Waals surface area (Å²) in [4.78, 5) is 18.7. The summed E-state index contributed by atoms with van der Waals surface area (Å²) in [5.74, 6) is 0.0950. The Morgan fingerprint density at radius 3 is 2.80 bits per heavy atom. The number of carbonyl (C=O) groups is 1. The molecule has 0 aliphatic heterocycles. The van der Waals surface area contributed by atoms with E-state index in [2.05, 4.69) is 20.9 Å². The average Bonchev–Trinajstić information content (AvgIpc) is 3.30. The van der Waals surface area contributed by atoms with Gasteiger partial charge in [0.2, 0.25) is 0 Å². The first kappa shape index (κ1) is 13.3. The Morgan fingerprint density at radius 2 is 2.15 bits per heavy atom. The predicted octanol–water partition coefficient (Wildman–Crippen LogP) is 3.65. The maximum Gasteiger partial charge on any atom is 0.254 e. The van der Waals surface area contributed by atoms with E-state index in [0.29, 0.717) is 12.6 Å². The minimum absolute atomic E-state index is 0.0950. The van der Waals surface area contributed by atoms with Crippen molar-refractivity contribution in [3.05, 3.63) is 64.4 Å². The molecule has 1 heterocycles. The van der Waals surface area contributed by atoms with Gasteiger partial charge in [-0.2, -0.15) is 0 Å². The van der Waals surface area contributed by atoms with Crippen LogP contribution in [0.1, 0.15) is 28.8 Å². The lowest BCUT2D eigenvalue weighted by atomic mass is 10.1. The maximum atomic E-state index is 12.7. The number of hydrogen-bond donors (Lipinski definition) is 0. The van der Waals surface area contributed by atoms with Gasteiger partial charge in [-0.3, -0.25) is 9.78 Å². The standard InChI is InChI=1S/C16H15BrN2O/c17-14-5-1-4-13(9-14)16(20)19(15-6-7-15)11-12-3-2-8-18-10-12/h1-5,8-10,15H,6-7,11H2. The van der Waals surface area contributed by atoms with Crippen LogP contribution < -0.4 is 0 Å². The Hall–Kier alpha value is -1.68. The van der Waals surface area contributed by atoms with Gasteiger partial charge in [0.15, 0.2) is 0 Å². The van der Waals surface area contributed by atoms with Crippen molar-refractivity contribution in [3.8, 4) is 0 Å². The number of hydrogen-bond acceptors (Lipinski definition) is 2. The number of nitrogens with zero attached hydrogens (tertiary/aromatic N) is 2. The highest BCUT2D eigenvalue weighted by atomic mass is 79.9. The van der Waals surface area contributed by atoms with E-state index < -0.39 is 0 Å². The van der Waals surface area contributed by atoms with Crippen molar-refractivity contribution in [2.24, 2.45) is 0 Å². The third kappa shape index (κ3) is 3.07. The highest BCUT2D eigenvalue weighted by molar-refractivity contribution is 9.10. The van der Waals surface area contributed by atoms with Crippen LogP contribution in [0.15, 0.2) is 53.3 Å². The lowest BCUT2D eigenvalue weighted by Gasteiger charge is -2.22. The molecule has 3 rings (SSSR count). The van der Waals surface area contributed by atoms with Crippen molar-refractivity contribution in [2.45, 2.75) is 25.4 Å². The van der Waals surface area contributed by atoms with Gasteiger partial charge in [-0.1, -0.05) is 28.1 Å². The molecular weight excluding hydrogens is 316 g/mol. The van der Waals surface area contributed by atoms with E-state index in [0.717, 1.165) is 28.4 Å². The van der Waals surface area contributed by atoms with Crippen LogP contribution in [0.4, 0.5) is 0 Å². The summed E-state index contributed by atoms with van der Waals surface area (Å²) in [5.41, 5.74) is 1.80. The predicted molar refractivity (Wildman–Crippen MR) is 81.3 cm³/mol. The largest absolute Gasteiger partial charge is 0.331 e. The lowest BCUT2D eigenvalue weighted by Crippen LogP contribution is -2.32. The number of amides is 1. The molecule has 0 bridgehead atoms.